The zero-order valence-corrected chi connectivity index (χ0v) is 8.88. The minimum atomic E-state index is -3.58. The molecule has 0 aromatic heterocycles. The third kappa shape index (κ3) is 3.37. The molecule has 0 bridgehead atoms. The van der Waals surface area contributed by atoms with E-state index in [2.05, 4.69) is 4.72 Å². The van der Waals surface area contributed by atoms with Gasteiger partial charge in [-0.15, -0.1) is 0 Å². The molecule has 0 saturated carbocycles. The summed E-state index contributed by atoms with van der Waals surface area (Å²) in [5.74, 6) is -0.672. The van der Waals surface area contributed by atoms with Crippen molar-refractivity contribution in [3.63, 3.8) is 0 Å². The number of hydrogen-bond acceptors (Lipinski definition) is 5. The SMILES string of the molecule is O=S1(=O)C=CC(NS(=O)(=O)CCO)C1. The molecule has 0 radical (unpaired) electrons. The van der Waals surface area contributed by atoms with Crippen LogP contribution in [-0.4, -0.2) is 46.1 Å². The quantitative estimate of drug-likeness (QED) is 0.605. The Kier molecular flexibility index (Phi) is 3.30. The highest BCUT2D eigenvalue weighted by Gasteiger charge is 2.25. The fraction of sp³-hybridized carbons (Fsp3) is 0.667. The van der Waals surface area contributed by atoms with E-state index in [0.717, 1.165) is 5.41 Å². The molecule has 0 aromatic rings. The van der Waals surface area contributed by atoms with Crippen LogP contribution in [0.15, 0.2) is 11.5 Å². The van der Waals surface area contributed by atoms with Gasteiger partial charge in [0.15, 0.2) is 9.84 Å². The van der Waals surface area contributed by atoms with E-state index < -0.39 is 38.3 Å². The van der Waals surface area contributed by atoms with Crippen LogP contribution >= 0.6 is 0 Å². The van der Waals surface area contributed by atoms with Gasteiger partial charge in [0.25, 0.3) is 0 Å². The van der Waals surface area contributed by atoms with Crippen molar-refractivity contribution in [2.75, 3.05) is 18.1 Å². The fourth-order valence-electron chi connectivity index (χ4n) is 1.06. The van der Waals surface area contributed by atoms with Gasteiger partial charge in [0.2, 0.25) is 10.0 Å². The van der Waals surface area contributed by atoms with E-state index in [1.807, 2.05) is 0 Å². The molecule has 0 aliphatic carbocycles. The number of aliphatic hydroxyl groups is 1. The maximum Gasteiger partial charge on any atom is 0.214 e. The monoisotopic (exact) mass is 241 g/mol. The van der Waals surface area contributed by atoms with Crippen LogP contribution in [0.1, 0.15) is 0 Å². The summed E-state index contributed by atoms with van der Waals surface area (Å²) in [7, 11) is -6.83. The molecular weight excluding hydrogens is 230 g/mol. The average Bonchev–Trinajstić information content (AvgIpc) is 2.28. The molecule has 1 heterocycles. The van der Waals surface area contributed by atoms with Crippen LogP contribution in [-0.2, 0) is 19.9 Å². The molecule has 0 saturated heterocycles. The lowest BCUT2D eigenvalue weighted by atomic mass is 10.4. The van der Waals surface area contributed by atoms with E-state index in [4.69, 9.17) is 5.11 Å². The fourth-order valence-corrected chi connectivity index (χ4v) is 3.38. The van der Waals surface area contributed by atoms with Crippen molar-refractivity contribution in [2.45, 2.75) is 6.04 Å². The minimum absolute atomic E-state index is 0.252. The second kappa shape index (κ2) is 3.97. The van der Waals surface area contributed by atoms with Gasteiger partial charge in [-0.3, -0.25) is 0 Å². The van der Waals surface area contributed by atoms with Crippen LogP contribution < -0.4 is 4.72 Å². The Morgan fingerprint density at radius 2 is 2.14 bits per heavy atom. The highest BCUT2D eigenvalue weighted by Crippen LogP contribution is 2.08. The number of hydrogen-bond donors (Lipinski definition) is 2. The summed E-state index contributed by atoms with van der Waals surface area (Å²) < 4.78 is 46.2. The average molecular weight is 241 g/mol. The van der Waals surface area contributed by atoms with Crippen LogP contribution in [0.4, 0.5) is 0 Å². The second-order valence-corrected chi connectivity index (χ2v) is 6.73. The summed E-state index contributed by atoms with van der Waals surface area (Å²) in [6.45, 7) is -0.488. The molecule has 2 N–H and O–H groups in total. The van der Waals surface area contributed by atoms with Gasteiger partial charge in [-0.1, -0.05) is 6.08 Å². The molecule has 1 unspecified atom stereocenters. The third-order valence-corrected chi connectivity index (χ3v) is 4.40. The van der Waals surface area contributed by atoms with Crippen molar-refractivity contribution in [3.05, 3.63) is 11.5 Å². The normalized spacial score (nSPS) is 25.4. The van der Waals surface area contributed by atoms with E-state index in [9.17, 15) is 16.8 Å². The van der Waals surface area contributed by atoms with Crippen LogP contribution in [0.3, 0.4) is 0 Å². The van der Waals surface area contributed by atoms with Gasteiger partial charge in [-0.2, -0.15) is 0 Å². The highest BCUT2D eigenvalue weighted by atomic mass is 32.2. The predicted octanol–water partition coefficient (Wildman–Crippen LogP) is -1.79. The van der Waals surface area contributed by atoms with Crippen molar-refractivity contribution < 1.29 is 21.9 Å². The molecular formula is C6H11NO5S2. The zero-order chi connectivity index (χ0) is 10.8. The Morgan fingerprint density at radius 1 is 1.50 bits per heavy atom. The first-order valence-corrected chi connectivity index (χ1v) is 7.23. The van der Waals surface area contributed by atoms with Crippen molar-refractivity contribution >= 4 is 19.9 Å². The Hall–Kier alpha value is -0.440. The lowest BCUT2D eigenvalue weighted by Crippen LogP contribution is -2.37. The molecule has 0 spiro atoms. The number of sulfone groups is 1. The molecule has 14 heavy (non-hydrogen) atoms. The number of rotatable bonds is 4. The molecule has 0 fully saturated rings. The lowest BCUT2D eigenvalue weighted by Gasteiger charge is -2.09. The van der Waals surface area contributed by atoms with Gasteiger partial charge in [-0.05, 0) is 0 Å². The first-order chi connectivity index (χ1) is 6.35. The second-order valence-electron chi connectivity index (χ2n) is 2.92. The standard InChI is InChI=1S/C6H11NO5S2/c8-2-4-14(11,12)7-6-1-3-13(9,10)5-6/h1,3,6-8H,2,4-5H2. The van der Waals surface area contributed by atoms with Gasteiger partial charge in [0, 0.05) is 5.41 Å². The zero-order valence-electron chi connectivity index (χ0n) is 7.25. The Labute approximate surface area is 82.6 Å². The van der Waals surface area contributed by atoms with Gasteiger partial charge < -0.3 is 5.11 Å². The third-order valence-electron chi connectivity index (χ3n) is 1.62. The summed E-state index contributed by atoms with van der Waals surface area (Å²) in [5, 5.41) is 9.41. The van der Waals surface area contributed by atoms with E-state index in [1.54, 1.807) is 0 Å². The van der Waals surface area contributed by atoms with Crippen LogP contribution in [0.5, 0.6) is 0 Å². The largest absolute Gasteiger partial charge is 0.395 e. The maximum absolute atomic E-state index is 11.1. The summed E-state index contributed by atoms with van der Waals surface area (Å²) in [4.78, 5) is 0. The summed E-state index contributed by atoms with van der Waals surface area (Å²) in [5.41, 5.74) is 0. The summed E-state index contributed by atoms with van der Waals surface area (Å²) >= 11 is 0. The molecule has 82 valence electrons. The van der Waals surface area contributed by atoms with Crippen molar-refractivity contribution in [1.29, 1.82) is 0 Å². The Balaban J connectivity index is 2.61. The predicted molar refractivity (Wildman–Crippen MR) is 50.7 cm³/mol. The van der Waals surface area contributed by atoms with E-state index in [0.29, 0.717) is 0 Å². The molecule has 6 nitrogen and oxygen atoms in total. The van der Waals surface area contributed by atoms with Gasteiger partial charge >= 0.3 is 0 Å². The smallest absolute Gasteiger partial charge is 0.214 e. The molecule has 0 amide bonds. The van der Waals surface area contributed by atoms with Gasteiger partial charge in [-0.25, -0.2) is 21.6 Å². The highest BCUT2D eigenvalue weighted by molar-refractivity contribution is 7.94. The van der Waals surface area contributed by atoms with Crippen LogP contribution in [0, 0.1) is 0 Å². The first-order valence-electron chi connectivity index (χ1n) is 3.86. The van der Waals surface area contributed by atoms with E-state index >= 15 is 0 Å². The topological polar surface area (TPSA) is 101 Å². The van der Waals surface area contributed by atoms with Gasteiger partial charge in [0.1, 0.15) is 0 Å². The molecule has 1 aliphatic rings. The number of nitrogens with one attached hydrogen (secondary N) is 1. The minimum Gasteiger partial charge on any atom is -0.395 e. The molecule has 1 aliphatic heterocycles. The van der Waals surface area contributed by atoms with E-state index in [-0.39, 0.29) is 5.75 Å². The first kappa shape index (κ1) is 11.6. The van der Waals surface area contributed by atoms with Crippen molar-refractivity contribution in [3.8, 4) is 0 Å². The van der Waals surface area contributed by atoms with Crippen molar-refractivity contribution in [1.82, 2.24) is 4.72 Å². The molecule has 1 rings (SSSR count). The van der Waals surface area contributed by atoms with Crippen molar-refractivity contribution in [2.24, 2.45) is 0 Å². The maximum atomic E-state index is 11.1. The Bertz CT molecular complexity index is 421. The molecule has 0 aromatic carbocycles. The van der Waals surface area contributed by atoms with Crippen LogP contribution in [0.2, 0.25) is 0 Å². The number of aliphatic hydroxyl groups excluding tert-OH is 1. The molecule has 8 heteroatoms. The number of sulfonamides is 1. The van der Waals surface area contributed by atoms with E-state index in [1.165, 1.54) is 6.08 Å². The van der Waals surface area contributed by atoms with Crippen LogP contribution in [0.25, 0.3) is 0 Å². The lowest BCUT2D eigenvalue weighted by molar-refractivity contribution is 0.319. The summed E-state index contributed by atoms with van der Waals surface area (Å²) in [6, 6.07) is -0.712. The molecule has 1 atom stereocenters. The Morgan fingerprint density at radius 3 is 2.57 bits per heavy atom. The van der Waals surface area contributed by atoms with Gasteiger partial charge in [0.05, 0.1) is 24.2 Å². The summed E-state index contributed by atoms with van der Waals surface area (Å²) in [6.07, 6.45) is 1.28.